The van der Waals surface area contributed by atoms with Crippen molar-refractivity contribution in [2.24, 2.45) is 4.99 Å². The Morgan fingerprint density at radius 2 is 1.79 bits per heavy atom. The van der Waals surface area contributed by atoms with Crippen LogP contribution in [-0.4, -0.2) is 49.0 Å². The summed E-state index contributed by atoms with van der Waals surface area (Å²) in [7, 11) is 0. The molecule has 19 heavy (non-hydrogen) atoms. The molecule has 0 bridgehead atoms. The highest BCUT2D eigenvalue weighted by Crippen LogP contribution is 2.20. The summed E-state index contributed by atoms with van der Waals surface area (Å²) in [6, 6.07) is 0. The first kappa shape index (κ1) is 21.1. The topological polar surface area (TPSA) is 65.5 Å². The van der Waals surface area contributed by atoms with Crippen LogP contribution in [0.4, 0.5) is 0 Å². The van der Waals surface area contributed by atoms with Crippen molar-refractivity contribution >= 4 is 47.6 Å². The van der Waals surface area contributed by atoms with Crippen molar-refractivity contribution in [3.63, 3.8) is 0 Å². The van der Waals surface area contributed by atoms with Gasteiger partial charge in [0.15, 0.2) is 5.96 Å². The first-order valence-electron chi connectivity index (χ1n) is 6.23. The molecule has 0 saturated heterocycles. The average molecular weight is 402 g/mol. The third-order valence-electron chi connectivity index (χ3n) is 2.31. The van der Waals surface area contributed by atoms with Gasteiger partial charge in [0.1, 0.15) is 0 Å². The van der Waals surface area contributed by atoms with Crippen molar-refractivity contribution in [2.75, 3.05) is 32.4 Å². The van der Waals surface area contributed by atoms with Crippen LogP contribution in [-0.2, 0) is 4.79 Å². The second-order valence-corrected chi connectivity index (χ2v) is 6.08. The fraction of sp³-hybridized carbons (Fsp3) is 0.833. The maximum Gasteiger partial charge on any atom is 0.216 e. The molecule has 0 unspecified atom stereocenters. The third kappa shape index (κ3) is 12.6. The first-order chi connectivity index (χ1) is 8.41. The van der Waals surface area contributed by atoms with Crippen LogP contribution in [0, 0.1) is 0 Å². The molecular formula is C12H27IN4OS. The monoisotopic (exact) mass is 402 g/mol. The molecule has 0 aliphatic rings. The van der Waals surface area contributed by atoms with E-state index in [1.54, 1.807) is 11.8 Å². The van der Waals surface area contributed by atoms with Gasteiger partial charge in [-0.3, -0.25) is 9.79 Å². The molecule has 1 amide bonds. The van der Waals surface area contributed by atoms with E-state index in [0.717, 1.165) is 19.0 Å². The lowest BCUT2D eigenvalue weighted by Gasteiger charge is -2.20. The van der Waals surface area contributed by atoms with E-state index in [1.807, 2.05) is 6.92 Å². The summed E-state index contributed by atoms with van der Waals surface area (Å²) in [5.74, 6) is 0.784. The number of rotatable bonds is 7. The number of guanidine groups is 1. The molecule has 0 saturated carbocycles. The van der Waals surface area contributed by atoms with Gasteiger partial charge < -0.3 is 16.0 Å². The zero-order chi connectivity index (χ0) is 14.0. The van der Waals surface area contributed by atoms with Crippen molar-refractivity contribution in [3.05, 3.63) is 0 Å². The molecule has 0 aliphatic heterocycles. The summed E-state index contributed by atoms with van der Waals surface area (Å²) in [5.41, 5.74) is 0. The van der Waals surface area contributed by atoms with Crippen molar-refractivity contribution in [3.8, 4) is 0 Å². The van der Waals surface area contributed by atoms with Crippen molar-refractivity contribution in [2.45, 2.75) is 32.4 Å². The number of nitrogens with one attached hydrogen (secondary N) is 3. The molecule has 114 valence electrons. The Balaban J connectivity index is 0. The molecule has 0 rings (SSSR count). The average Bonchev–Trinajstić information content (AvgIpc) is 2.31. The van der Waals surface area contributed by atoms with Gasteiger partial charge in [0.25, 0.3) is 0 Å². The number of amides is 1. The van der Waals surface area contributed by atoms with E-state index in [0.29, 0.717) is 13.1 Å². The maximum atomic E-state index is 10.7. The van der Waals surface area contributed by atoms with Gasteiger partial charge in [-0.15, -0.1) is 24.0 Å². The summed E-state index contributed by atoms with van der Waals surface area (Å²) in [6.07, 6.45) is 2.09. The fourth-order valence-corrected chi connectivity index (χ4v) is 1.29. The van der Waals surface area contributed by atoms with E-state index < -0.39 is 0 Å². The molecule has 0 aromatic carbocycles. The number of carbonyl (C=O) groups excluding carboxylic acids is 1. The van der Waals surface area contributed by atoms with Crippen LogP contribution in [0.2, 0.25) is 0 Å². The van der Waals surface area contributed by atoms with Gasteiger partial charge in [0, 0.05) is 31.3 Å². The number of nitrogens with zero attached hydrogens (tertiary/aromatic N) is 1. The van der Waals surface area contributed by atoms with E-state index in [4.69, 9.17) is 0 Å². The van der Waals surface area contributed by atoms with Gasteiger partial charge in [0.05, 0.1) is 6.54 Å². The summed E-state index contributed by atoms with van der Waals surface area (Å²) in [5, 5.41) is 9.11. The van der Waals surface area contributed by atoms with Crippen LogP contribution in [0.1, 0.15) is 27.7 Å². The lowest BCUT2D eigenvalue weighted by molar-refractivity contribution is -0.118. The molecule has 0 aromatic rings. The van der Waals surface area contributed by atoms with Gasteiger partial charge in [-0.05, 0) is 27.0 Å². The lowest BCUT2D eigenvalue weighted by atomic mass is 10.2. The largest absolute Gasteiger partial charge is 0.357 e. The van der Waals surface area contributed by atoms with Crippen LogP contribution in [0.25, 0.3) is 0 Å². The Kier molecular flexibility index (Phi) is 12.9. The predicted octanol–water partition coefficient (Wildman–Crippen LogP) is 1.44. The van der Waals surface area contributed by atoms with E-state index in [-0.39, 0.29) is 34.6 Å². The van der Waals surface area contributed by atoms with Crippen molar-refractivity contribution < 1.29 is 4.79 Å². The van der Waals surface area contributed by atoms with Gasteiger partial charge >= 0.3 is 0 Å². The molecule has 7 heteroatoms. The maximum absolute atomic E-state index is 10.7. The Hall–Kier alpha value is -0.180. The highest BCUT2D eigenvalue weighted by molar-refractivity contribution is 14.0. The van der Waals surface area contributed by atoms with Crippen LogP contribution in [0.5, 0.6) is 0 Å². The minimum atomic E-state index is -0.0118. The van der Waals surface area contributed by atoms with Gasteiger partial charge in [-0.25, -0.2) is 0 Å². The summed E-state index contributed by atoms with van der Waals surface area (Å²) >= 11 is 1.80. The van der Waals surface area contributed by atoms with Crippen LogP contribution in [0.15, 0.2) is 4.99 Å². The number of hydrogen-bond acceptors (Lipinski definition) is 3. The third-order valence-corrected chi connectivity index (χ3v) is 3.54. The molecule has 0 radical (unpaired) electrons. The summed E-state index contributed by atoms with van der Waals surface area (Å²) in [4.78, 5) is 15.3. The van der Waals surface area contributed by atoms with Gasteiger partial charge in [-0.1, -0.05) is 0 Å². The standard InChI is InChI=1S/C12H26N4OS.HI/c1-6-13-11(15-8-7-14-10(2)17)16-9-12(3,4)18-5;/h6-9H2,1-5H3,(H,14,17)(H2,13,15,16);1H. The van der Waals surface area contributed by atoms with E-state index in [2.05, 4.69) is 41.0 Å². The number of hydrogen-bond donors (Lipinski definition) is 3. The Morgan fingerprint density at radius 3 is 2.26 bits per heavy atom. The highest BCUT2D eigenvalue weighted by atomic mass is 127. The molecule has 0 fully saturated rings. The summed E-state index contributed by atoms with van der Waals surface area (Å²) < 4.78 is 0.139. The summed E-state index contributed by atoms with van der Waals surface area (Å²) in [6.45, 7) is 10.7. The molecular weight excluding hydrogens is 375 g/mol. The Bertz CT molecular complexity index is 285. The Morgan fingerprint density at radius 1 is 1.21 bits per heavy atom. The van der Waals surface area contributed by atoms with Gasteiger partial charge in [-0.2, -0.15) is 11.8 Å². The second-order valence-electron chi connectivity index (χ2n) is 4.57. The Labute approximate surface area is 138 Å². The molecule has 0 heterocycles. The van der Waals surface area contributed by atoms with Crippen LogP contribution < -0.4 is 16.0 Å². The number of thioether (sulfide) groups is 1. The molecule has 0 atom stereocenters. The quantitative estimate of drug-likeness (QED) is 0.261. The van der Waals surface area contributed by atoms with E-state index in [9.17, 15) is 4.79 Å². The fourth-order valence-electron chi connectivity index (χ4n) is 1.10. The molecule has 5 nitrogen and oxygen atoms in total. The number of carbonyl (C=O) groups is 1. The second kappa shape index (κ2) is 11.6. The minimum absolute atomic E-state index is 0. The lowest BCUT2D eigenvalue weighted by Crippen LogP contribution is -2.42. The molecule has 0 aliphatic carbocycles. The first-order valence-corrected chi connectivity index (χ1v) is 7.45. The zero-order valence-corrected chi connectivity index (χ0v) is 15.6. The SMILES string of the molecule is CCNC(=NCC(C)(C)SC)NCCNC(C)=O.I. The zero-order valence-electron chi connectivity index (χ0n) is 12.5. The smallest absolute Gasteiger partial charge is 0.216 e. The van der Waals surface area contributed by atoms with Crippen molar-refractivity contribution in [1.82, 2.24) is 16.0 Å². The number of aliphatic imine (C=N–C) groups is 1. The van der Waals surface area contributed by atoms with Gasteiger partial charge in [0.2, 0.25) is 5.91 Å². The molecule has 0 spiro atoms. The molecule has 0 aromatic heterocycles. The predicted molar refractivity (Wildman–Crippen MR) is 95.7 cm³/mol. The molecule has 3 N–H and O–H groups in total. The minimum Gasteiger partial charge on any atom is -0.357 e. The van der Waals surface area contributed by atoms with Crippen LogP contribution in [0.3, 0.4) is 0 Å². The normalized spacial score (nSPS) is 11.5. The van der Waals surface area contributed by atoms with E-state index >= 15 is 0 Å². The van der Waals surface area contributed by atoms with E-state index in [1.165, 1.54) is 6.92 Å². The number of halogens is 1. The van der Waals surface area contributed by atoms with Crippen LogP contribution >= 0.6 is 35.7 Å². The van der Waals surface area contributed by atoms with Crippen molar-refractivity contribution in [1.29, 1.82) is 0 Å². The highest BCUT2D eigenvalue weighted by Gasteiger charge is 2.15.